The van der Waals surface area contributed by atoms with Crippen molar-refractivity contribution in [1.82, 2.24) is 10.2 Å². The number of nitrogens with one attached hydrogen (secondary N) is 1. The first-order chi connectivity index (χ1) is 20.1. The third-order valence-electron chi connectivity index (χ3n) is 7.59. The van der Waals surface area contributed by atoms with Crippen LogP contribution >= 0.6 is 23.2 Å². The zero-order valence-electron chi connectivity index (χ0n) is 23.9. The van der Waals surface area contributed by atoms with Gasteiger partial charge in [0.15, 0.2) is 0 Å². The monoisotopic (exact) mass is 629 g/mol. The van der Waals surface area contributed by atoms with Gasteiger partial charge in [-0.2, -0.15) is 0 Å². The second kappa shape index (κ2) is 14.4. The molecular formula is C32H37Cl2N3O4S. The van der Waals surface area contributed by atoms with Gasteiger partial charge in [-0.3, -0.25) is 13.9 Å². The minimum absolute atomic E-state index is 0.0124. The number of anilines is 1. The van der Waals surface area contributed by atoms with Crippen molar-refractivity contribution < 1.29 is 18.0 Å². The van der Waals surface area contributed by atoms with Crippen LogP contribution in [0.3, 0.4) is 0 Å². The molecule has 1 N–H and O–H groups in total. The zero-order valence-corrected chi connectivity index (χ0v) is 26.3. The Morgan fingerprint density at radius 3 is 2.31 bits per heavy atom. The molecule has 7 nitrogen and oxygen atoms in total. The average Bonchev–Trinajstić information content (AvgIpc) is 2.97. The Hall–Kier alpha value is -3.07. The second-order valence-corrected chi connectivity index (χ2v) is 13.4. The fraction of sp³-hybridized carbons (Fsp3) is 0.375. The van der Waals surface area contributed by atoms with Gasteiger partial charge in [0.2, 0.25) is 11.8 Å². The summed E-state index contributed by atoms with van der Waals surface area (Å²) in [5.41, 5.74) is 1.80. The van der Waals surface area contributed by atoms with E-state index in [9.17, 15) is 18.0 Å². The first-order valence-corrected chi connectivity index (χ1v) is 16.5. The Kier molecular flexibility index (Phi) is 10.9. The maximum absolute atomic E-state index is 14.2. The summed E-state index contributed by atoms with van der Waals surface area (Å²) < 4.78 is 29.0. The second-order valence-electron chi connectivity index (χ2n) is 10.7. The first kappa shape index (κ1) is 31.9. The number of hydrogen-bond acceptors (Lipinski definition) is 4. The van der Waals surface area contributed by atoms with Crippen molar-refractivity contribution in [3.63, 3.8) is 0 Å². The minimum Gasteiger partial charge on any atom is -0.352 e. The number of hydrogen-bond donors (Lipinski definition) is 1. The number of amides is 2. The van der Waals surface area contributed by atoms with Gasteiger partial charge >= 0.3 is 0 Å². The topological polar surface area (TPSA) is 86.8 Å². The number of carbonyl (C=O) groups is 2. The average molecular weight is 631 g/mol. The third-order valence-corrected chi connectivity index (χ3v) is 9.97. The Bertz CT molecular complexity index is 1490. The van der Waals surface area contributed by atoms with E-state index in [1.54, 1.807) is 54.6 Å². The van der Waals surface area contributed by atoms with Crippen LogP contribution in [0.2, 0.25) is 10.0 Å². The summed E-state index contributed by atoms with van der Waals surface area (Å²) in [5, 5.41) is 3.95. The molecule has 0 unspecified atom stereocenters. The largest absolute Gasteiger partial charge is 0.352 e. The molecule has 0 bridgehead atoms. The van der Waals surface area contributed by atoms with Crippen molar-refractivity contribution in [3.05, 3.63) is 94.0 Å². The van der Waals surface area contributed by atoms with Gasteiger partial charge in [-0.05, 0) is 73.7 Å². The summed E-state index contributed by atoms with van der Waals surface area (Å²) in [6, 6.07) is 19.2. The van der Waals surface area contributed by atoms with Gasteiger partial charge in [0.25, 0.3) is 10.0 Å². The lowest BCUT2D eigenvalue weighted by Gasteiger charge is -2.34. The lowest BCUT2D eigenvalue weighted by atomic mass is 9.95. The fourth-order valence-electron chi connectivity index (χ4n) is 5.33. The highest BCUT2D eigenvalue weighted by Gasteiger charge is 2.34. The molecule has 42 heavy (non-hydrogen) atoms. The molecule has 224 valence electrons. The number of nitrogens with zero attached hydrogens (tertiary/aromatic N) is 2. The molecular weight excluding hydrogens is 593 g/mol. The molecule has 0 heterocycles. The van der Waals surface area contributed by atoms with Crippen molar-refractivity contribution >= 4 is 50.7 Å². The van der Waals surface area contributed by atoms with Gasteiger partial charge in [0.1, 0.15) is 12.6 Å². The molecule has 1 aliphatic carbocycles. The molecule has 0 radical (unpaired) electrons. The van der Waals surface area contributed by atoms with E-state index in [0.29, 0.717) is 27.7 Å². The number of sulfonamides is 1. The van der Waals surface area contributed by atoms with Crippen molar-refractivity contribution in [2.75, 3.05) is 10.8 Å². The SMILES string of the molecule is CC[C@H](C(=O)NC1CCCCC1)N(Cc1ccc(Cl)cc1Cl)C(=O)CN(c1cccc(C)c1)S(=O)(=O)c1ccccc1. The van der Waals surface area contributed by atoms with Gasteiger partial charge in [-0.15, -0.1) is 0 Å². The van der Waals surface area contributed by atoms with Gasteiger partial charge in [-0.1, -0.05) is 85.8 Å². The molecule has 10 heteroatoms. The van der Waals surface area contributed by atoms with Crippen LogP contribution in [0.4, 0.5) is 5.69 Å². The number of benzene rings is 3. The lowest BCUT2D eigenvalue weighted by Crippen LogP contribution is -2.54. The molecule has 1 saturated carbocycles. The standard InChI is InChI=1S/C32H37Cl2N3O4S/c1-3-30(32(39)35-26-12-6-4-7-13-26)36(21-24-17-18-25(33)20-29(24)34)31(38)22-37(27-14-10-11-23(2)19-27)42(40,41)28-15-8-5-9-16-28/h5,8-11,14-20,26,30H,3-4,6-7,12-13,21-22H2,1-2H3,(H,35,39)/t30-/m1/s1. The molecule has 1 aliphatic rings. The highest BCUT2D eigenvalue weighted by atomic mass is 35.5. The summed E-state index contributed by atoms with van der Waals surface area (Å²) in [6.07, 6.45) is 5.38. The van der Waals surface area contributed by atoms with Crippen molar-refractivity contribution in [3.8, 4) is 0 Å². The molecule has 3 aromatic rings. The molecule has 0 spiro atoms. The highest BCUT2D eigenvalue weighted by molar-refractivity contribution is 7.92. The van der Waals surface area contributed by atoms with Gasteiger partial charge in [0, 0.05) is 22.6 Å². The van der Waals surface area contributed by atoms with Gasteiger partial charge in [-0.25, -0.2) is 8.42 Å². The summed E-state index contributed by atoms with van der Waals surface area (Å²) in [4.78, 5) is 29.4. The smallest absolute Gasteiger partial charge is 0.264 e. The highest BCUT2D eigenvalue weighted by Crippen LogP contribution is 2.27. The number of halogens is 2. The van der Waals surface area contributed by atoms with E-state index in [1.807, 2.05) is 19.9 Å². The number of rotatable bonds is 11. The van der Waals surface area contributed by atoms with Crippen LogP contribution in [-0.4, -0.2) is 43.8 Å². The van der Waals surface area contributed by atoms with E-state index in [0.717, 1.165) is 42.0 Å². The van der Waals surface area contributed by atoms with E-state index in [4.69, 9.17) is 23.2 Å². The first-order valence-electron chi connectivity index (χ1n) is 14.3. The lowest BCUT2D eigenvalue weighted by molar-refractivity contribution is -0.140. The van der Waals surface area contributed by atoms with E-state index in [-0.39, 0.29) is 23.4 Å². The van der Waals surface area contributed by atoms with Crippen LogP contribution in [0.5, 0.6) is 0 Å². The van der Waals surface area contributed by atoms with Crippen molar-refractivity contribution in [1.29, 1.82) is 0 Å². The van der Waals surface area contributed by atoms with Crippen LogP contribution in [-0.2, 0) is 26.2 Å². The van der Waals surface area contributed by atoms with Crippen LogP contribution < -0.4 is 9.62 Å². The summed E-state index contributed by atoms with van der Waals surface area (Å²) in [5.74, 6) is -0.775. The Labute approximate surface area is 258 Å². The molecule has 1 atom stereocenters. The van der Waals surface area contributed by atoms with Crippen LogP contribution in [0.25, 0.3) is 0 Å². The molecule has 0 aromatic heterocycles. The van der Waals surface area contributed by atoms with E-state index < -0.39 is 28.5 Å². The van der Waals surface area contributed by atoms with Crippen LogP contribution in [0.15, 0.2) is 77.7 Å². The Balaban J connectivity index is 1.72. The fourth-order valence-corrected chi connectivity index (χ4v) is 7.22. The number of carbonyl (C=O) groups excluding carboxylic acids is 2. The maximum atomic E-state index is 14.2. The molecule has 3 aromatic carbocycles. The van der Waals surface area contributed by atoms with E-state index >= 15 is 0 Å². The van der Waals surface area contributed by atoms with Crippen LogP contribution in [0.1, 0.15) is 56.6 Å². The normalized spacial score (nSPS) is 14.7. The summed E-state index contributed by atoms with van der Waals surface area (Å²) in [7, 11) is -4.12. The molecule has 0 saturated heterocycles. The van der Waals surface area contributed by atoms with Gasteiger partial charge < -0.3 is 10.2 Å². The zero-order chi connectivity index (χ0) is 30.3. The Morgan fingerprint density at radius 2 is 1.67 bits per heavy atom. The van der Waals surface area contributed by atoms with E-state index in [1.165, 1.54) is 17.0 Å². The third kappa shape index (κ3) is 7.85. The molecule has 0 aliphatic heterocycles. The van der Waals surface area contributed by atoms with E-state index in [2.05, 4.69) is 5.32 Å². The molecule has 2 amide bonds. The van der Waals surface area contributed by atoms with Crippen molar-refractivity contribution in [2.24, 2.45) is 0 Å². The Morgan fingerprint density at radius 1 is 0.952 bits per heavy atom. The quantitative estimate of drug-likeness (QED) is 0.254. The molecule has 1 fully saturated rings. The minimum atomic E-state index is -4.12. The number of aryl methyl sites for hydroxylation is 1. The van der Waals surface area contributed by atoms with Gasteiger partial charge in [0.05, 0.1) is 10.6 Å². The van der Waals surface area contributed by atoms with Crippen molar-refractivity contribution in [2.45, 2.75) is 75.9 Å². The summed E-state index contributed by atoms with van der Waals surface area (Å²) in [6.45, 7) is 3.21. The predicted octanol–water partition coefficient (Wildman–Crippen LogP) is 6.75. The maximum Gasteiger partial charge on any atom is 0.264 e. The predicted molar refractivity (Wildman–Crippen MR) is 168 cm³/mol. The molecule has 4 rings (SSSR count). The summed E-state index contributed by atoms with van der Waals surface area (Å²) >= 11 is 12.6. The van der Waals surface area contributed by atoms with Crippen LogP contribution in [0, 0.1) is 6.92 Å².